The van der Waals surface area contributed by atoms with Crippen LogP contribution in [0.1, 0.15) is 19.4 Å². The first-order chi connectivity index (χ1) is 12.1. The van der Waals surface area contributed by atoms with Gasteiger partial charge in [0.2, 0.25) is 6.29 Å². The fourth-order valence-corrected chi connectivity index (χ4v) is 2.32. The number of carbonyl (C=O) groups is 1. The van der Waals surface area contributed by atoms with Crippen LogP contribution in [0.5, 0.6) is 0 Å². The van der Waals surface area contributed by atoms with Gasteiger partial charge in [-0.1, -0.05) is 30.3 Å². The van der Waals surface area contributed by atoms with Crippen LogP contribution in [0.25, 0.3) is 16.7 Å². The first kappa shape index (κ1) is 16.9. The highest BCUT2D eigenvalue weighted by atomic mass is 16.6. The number of fused-ring (bicyclic) bond motifs is 1. The van der Waals surface area contributed by atoms with Crippen molar-refractivity contribution in [2.75, 3.05) is 0 Å². The summed E-state index contributed by atoms with van der Waals surface area (Å²) in [6.45, 7) is 3.39. The lowest BCUT2D eigenvalue weighted by atomic mass is 10.1. The van der Waals surface area contributed by atoms with Crippen LogP contribution in [0, 0.1) is 0 Å². The number of hydrogen-bond donors (Lipinski definition) is 1. The molecule has 0 fully saturated rings. The van der Waals surface area contributed by atoms with Gasteiger partial charge in [-0.25, -0.2) is 4.79 Å². The summed E-state index contributed by atoms with van der Waals surface area (Å²) in [6.07, 6.45) is 0.682. The van der Waals surface area contributed by atoms with E-state index in [4.69, 9.17) is 4.74 Å². The third-order valence-electron chi connectivity index (χ3n) is 3.86. The fourth-order valence-electron chi connectivity index (χ4n) is 2.32. The molecule has 1 unspecified atom stereocenters. The molecule has 3 rings (SSSR count). The summed E-state index contributed by atoms with van der Waals surface area (Å²) in [5, 5.41) is 18.7. The Hall–Kier alpha value is -2.99. The zero-order valence-electron chi connectivity index (χ0n) is 14.1. The number of ether oxygens (including phenoxy) is 1. The first-order valence-electron chi connectivity index (χ1n) is 8.00. The smallest absolute Gasteiger partial charge is 0.335 e. The topological polar surface area (TPSA) is 77.2 Å². The SMILES string of the molecule is C/C=C(/C)C(=O)OC(O)Cc1ccc(-n2nc3ccccc3n2)cc1. The van der Waals surface area contributed by atoms with E-state index in [9.17, 15) is 9.90 Å². The lowest BCUT2D eigenvalue weighted by Gasteiger charge is -2.12. The largest absolute Gasteiger partial charge is 0.432 e. The molecule has 128 valence electrons. The molecule has 0 saturated carbocycles. The van der Waals surface area contributed by atoms with Crippen LogP contribution in [0.15, 0.2) is 60.2 Å². The Kier molecular flexibility index (Phi) is 4.90. The van der Waals surface area contributed by atoms with Crippen molar-refractivity contribution in [3.05, 3.63) is 65.7 Å². The maximum Gasteiger partial charge on any atom is 0.335 e. The molecule has 0 aliphatic heterocycles. The predicted octanol–water partition coefficient (Wildman–Crippen LogP) is 2.79. The number of benzene rings is 2. The molecule has 0 spiro atoms. The van der Waals surface area contributed by atoms with Crippen molar-refractivity contribution < 1.29 is 14.6 Å². The maximum atomic E-state index is 11.6. The molecule has 0 saturated heterocycles. The Labute approximate surface area is 145 Å². The monoisotopic (exact) mass is 337 g/mol. The molecule has 1 N–H and O–H groups in total. The molecule has 3 aromatic rings. The minimum atomic E-state index is -1.18. The van der Waals surface area contributed by atoms with Crippen molar-refractivity contribution in [1.29, 1.82) is 0 Å². The Morgan fingerprint density at radius 1 is 1.16 bits per heavy atom. The third kappa shape index (κ3) is 3.92. The van der Waals surface area contributed by atoms with Gasteiger partial charge in [0.15, 0.2) is 0 Å². The van der Waals surface area contributed by atoms with Crippen LogP contribution >= 0.6 is 0 Å². The number of rotatable bonds is 5. The summed E-state index contributed by atoms with van der Waals surface area (Å²) < 4.78 is 4.98. The second-order valence-corrected chi connectivity index (χ2v) is 5.68. The lowest BCUT2D eigenvalue weighted by molar-refractivity contribution is -0.162. The Morgan fingerprint density at radius 3 is 2.32 bits per heavy atom. The first-order valence-corrected chi connectivity index (χ1v) is 8.00. The van der Waals surface area contributed by atoms with E-state index in [1.165, 1.54) is 0 Å². The van der Waals surface area contributed by atoms with Gasteiger partial charge in [0.25, 0.3) is 0 Å². The Bertz CT molecular complexity index is 880. The lowest BCUT2D eigenvalue weighted by Crippen LogP contribution is -2.20. The van der Waals surface area contributed by atoms with E-state index in [0.717, 1.165) is 22.3 Å². The summed E-state index contributed by atoms with van der Waals surface area (Å²) in [5.74, 6) is -0.515. The van der Waals surface area contributed by atoms with Crippen LogP contribution in [0.4, 0.5) is 0 Å². The Morgan fingerprint density at radius 2 is 1.76 bits per heavy atom. The van der Waals surface area contributed by atoms with Crippen molar-refractivity contribution in [2.45, 2.75) is 26.6 Å². The molecule has 6 heteroatoms. The molecule has 0 radical (unpaired) electrons. The summed E-state index contributed by atoms with van der Waals surface area (Å²) in [5.41, 5.74) is 3.78. The standard InChI is InChI=1S/C19H19N3O3/c1-3-13(2)19(24)25-18(23)12-14-8-10-15(11-9-14)22-20-16-6-4-5-7-17(16)21-22/h3-11,18,23H,12H2,1-2H3/b13-3-. The second kappa shape index (κ2) is 7.27. The van der Waals surface area contributed by atoms with Gasteiger partial charge in [-0.15, -0.1) is 10.2 Å². The van der Waals surface area contributed by atoms with Crippen molar-refractivity contribution in [3.63, 3.8) is 0 Å². The second-order valence-electron chi connectivity index (χ2n) is 5.68. The molecule has 25 heavy (non-hydrogen) atoms. The molecule has 1 aromatic heterocycles. The number of hydrogen-bond acceptors (Lipinski definition) is 5. The predicted molar refractivity (Wildman–Crippen MR) is 94.1 cm³/mol. The molecule has 0 aliphatic carbocycles. The Balaban J connectivity index is 1.68. The quantitative estimate of drug-likeness (QED) is 0.440. The van der Waals surface area contributed by atoms with Crippen LogP contribution in [0.2, 0.25) is 0 Å². The summed E-state index contributed by atoms with van der Waals surface area (Å²) in [6, 6.07) is 15.1. The van der Waals surface area contributed by atoms with Crippen molar-refractivity contribution in [1.82, 2.24) is 15.0 Å². The molecular weight excluding hydrogens is 318 g/mol. The average Bonchev–Trinajstić information content (AvgIpc) is 3.05. The van der Waals surface area contributed by atoms with E-state index in [2.05, 4.69) is 10.2 Å². The van der Waals surface area contributed by atoms with Crippen LogP contribution in [-0.2, 0) is 16.0 Å². The summed E-state index contributed by atoms with van der Waals surface area (Å²) in [7, 11) is 0. The molecule has 2 aromatic carbocycles. The van der Waals surface area contributed by atoms with E-state index in [-0.39, 0.29) is 6.42 Å². The molecule has 0 aliphatic rings. The van der Waals surface area contributed by atoms with E-state index < -0.39 is 12.3 Å². The summed E-state index contributed by atoms with van der Waals surface area (Å²) in [4.78, 5) is 13.2. The van der Waals surface area contributed by atoms with E-state index >= 15 is 0 Å². The normalized spacial score (nSPS) is 13.0. The van der Waals surface area contributed by atoms with E-state index in [0.29, 0.717) is 5.57 Å². The van der Waals surface area contributed by atoms with Crippen molar-refractivity contribution in [2.24, 2.45) is 0 Å². The molecular formula is C19H19N3O3. The minimum absolute atomic E-state index is 0.220. The van der Waals surface area contributed by atoms with Gasteiger partial charge in [-0.2, -0.15) is 4.80 Å². The maximum absolute atomic E-state index is 11.6. The van der Waals surface area contributed by atoms with Gasteiger partial charge in [0, 0.05) is 12.0 Å². The number of carbonyl (C=O) groups excluding carboxylic acids is 1. The highest BCUT2D eigenvalue weighted by molar-refractivity contribution is 5.87. The van der Waals surface area contributed by atoms with Gasteiger partial charge >= 0.3 is 5.97 Å². The highest BCUT2D eigenvalue weighted by Gasteiger charge is 2.13. The average molecular weight is 337 g/mol. The number of allylic oxidation sites excluding steroid dienone is 1. The number of esters is 1. The van der Waals surface area contributed by atoms with Crippen LogP contribution < -0.4 is 0 Å². The molecule has 6 nitrogen and oxygen atoms in total. The van der Waals surface area contributed by atoms with Gasteiger partial charge in [-0.3, -0.25) is 0 Å². The van der Waals surface area contributed by atoms with E-state index in [1.54, 1.807) is 24.7 Å². The van der Waals surface area contributed by atoms with Gasteiger partial charge in [0.05, 0.1) is 5.69 Å². The number of aliphatic hydroxyl groups excluding tert-OH is 1. The number of nitrogens with zero attached hydrogens (tertiary/aromatic N) is 3. The van der Waals surface area contributed by atoms with Crippen molar-refractivity contribution >= 4 is 17.0 Å². The third-order valence-corrected chi connectivity index (χ3v) is 3.86. The molecule has 1 atom stereocenters. The summed E-state index contributed by atoms with van der Waals surface area (Å²) >= 11 is 0. The number of aliphatic hydroxyl groups is 1. The molecule has 0 bridgehead atoms. The molecule has 1 heterocycles. The fraction of sp³-hybridized carbons (Fsp3) is 0.211. The zero-order valence-corrected chi connectivity index (χ0v) is 14.1. The van der Waals surface area contributed by atoms with Gasteiger partial charge < -0.3 is 9.84 Å². The van der Waals surface area contributed by atoms with Gasteiger partial charge in [-0.05, 0) is 43.7 Å². The number of aromatic nitrogens is 3. The molecule has 0 amide bonds. The van der Waals surface area contributed by atoms with Crippen LogP contribution in [0.3, 0.4) is 0 Å². The van der Waals surface area contributed by atoms with Crippen molar-refractivity contribution in [3.8, 4) is 5.69 Å². The van der Waals surface area contributed by atoms with E-state index in [1.807, 2.05) is 48.5 Å². The van der Waals surface area contributed by atoms with Gasteiger partial charge in [0.1, 0.15) is 11.0 Å². The minimum Gasteiger partial charge on any atom is -0.432 e. The highest BCUT2D eigenvalue weighted by Crippen LogP contribution is 2.14. The zero-order chi connectivity index (χ0) is 17.8. The van der Waals surface area contributed by atoms with Crippen LogP contribution in [-0.4, -0.2) is 32.4 Å².